The highest BCUT2D eigenvalue weighted by atomic mass is 16.4. The predicted molar refractivity (Wildman–Crippen MR) is 69.7 cm³/mol. The summed E-state index contributed by atoms with van der Waals surface area (Å²) in [7, 11) is 0. The molecular weight excluding hydrogens is 246 g/mol. The molecule has 100 valence electrons. The van der Waals surface area contributed by atoms with Crippen LogP contribution in [0.4, 0.5) is 6.01 Å². The van der Waals surface area contributed by atoms with E-state index in [0.717, 1.165) is 5.56 Å². The smallest absolute Gasteiger partial charge is 0.301 e. The third kappa shape index (κ3) is 3.56. The van der Waals surface area contributed by atoms with Crippen LogP contribution in [0.1, 0.15) is 11.3 Å². The van der Waals surface area contributed by atoms with Crippen LogP contribution in [-0.2, 0) is 11.2 Å². The summed E-state index contributed by atoms with van der Waals surface area (Å²) in [6.45, 7) is 1.76. The number of phenolic OH excluding ortho intramolecular Hbond substituents is 1. The maximum absolute atomic E-state index is 11.8. The highest BCUT2D eigenvalue weighted by Gasteiger charge is 2.16. The molecular formula is C13H15N3O3. The number of nitrogens with two attached hydrogens (primary N) is 1. The number of aryl methyl sites for hydroxylation is 1. The topological polar surface area (TPSA) is 101 Å². The molecule has 4 N–H and O–H groups in total. The second kappa shape index (κ2) is 5.53. The fourth-order valence-corrected chi connectivity index (χ4v) is 1.59. The van der Waals surface area contributed by atoms with Crippen molar-refractivity contribution in [2.45, 2.75) is 19.4 Å². The number of carbonyl (C=O) groups is 1. The summed E-state index contributed by atoms with van der Waals surface area (Å²) in [5.41, 5.74) is 7.35. The van der Waals surface area contributed by atoms with E-state index in [9.17, 15) is 4.79 Å². The number of amides is 1. The number of nitrogens with one attached hydrogen (secondary N) is 1. The molecule has 0 aliphatic carbocycles. The van der Waals surface area contributed by atoms with Crippen molar-refractivity contribution < 1.29 is 14.3 Å². The monoisotopic (exact) mass is 261 g/mol. The number of nitrogens with zero attached hydrogens (tertiary/aromatic N) is 1. The van der Waals surface area contributed by atoms with E-state index in [1.54, 1.807) is 31.2 Å². The van der Waals surface area contributed by atoms with Gasteiger partial charge in [-0.1, -0.05) is 12.1 Å². The lowest BCUT2D eigenvalue weighted by atomic mass is 10.1. The van der Waals surface area contributed by atoms with Gasteiger partial charge in [0.15, 0.2) is 0 Å². The Labute approximate surface area is 110 Å². The van der Waals surface area contributed by atoms with Crippen LogP contribution in [-0.4, -0.2) is 22.0 Å². The summed E-state index contributed by atoms with van der Waals surface area (Å²) in [4.78, 5) is 15.8. The number of hydrogen-bond donors (Lipinski definition) is 3. The first kappa shape index (κ1) is 13.1. The number of hydrogen-bond acceptors (Lipinski definition) is 5. The number of carbonyl (C=O) groups excluding carboxylic acids is 1. The molecule has 19 heavy (non-hydrogen) atoms. The number of oxazole rings is 1. The highest BCUT2D eigenvalue weighted by molar-refractivity contribution is 5.93. The molecule has 0 fully saturated rings. The highest BCUT2D eigenvalue weighted by Crippen LogP contribution is 2.12. The minimum Gasteiger partial charge on any atom is -0.508 e. The maximum Gasteiger partial charge on any atom is 0.301 e. The summed E-state index contributed by atoms with van der Waals surface area (Å²) in [6, 6.07) is 5.98. The van der Waals surface area contributed by atoms with Gasteiger partial charge >= 0.3 is 6.01 Å². The first-order valence-corrected chi connectivity index (χ1v) is 5.81. The largest absolute Gasteiger partial charge is 0.508 e. The molecule has 6 nitrogen and oxygen atoms in total. The zero-order chi connectivity index (χ0) is 13.8. The normalized spacial score (nSPS) is 12.1. The maximum atomic E-state index is 11.8. The van der Waals surface area contributed by atoms with E-state index in [4.69, 9.17) is 15.3 Å². The number of aromatic nitrogens is 1. The van der Waals surface area contributed by atoms with Crippen molar-refractivity contribution >= 4 is 11.9 Å². The summed E-state index contributed by atoms with van der Waals surface area (Å²) in [5.74, 6) is -0.188. The van der Waals surface area contributed by atoms with E-state index in [1.165, 1.54) is 6.26 Å². The van der Waals surface area contributed by atoms with Gasteiger partial charge in [-0.05, 0) is 31.0 Å². The lowest BCUT2D eigenvalue weighted by molar-refractivity contribution is -0.117. The van der Waals surface area contributed by atoms with Gasteiger partial charge in [0, 0.05) is 0 Å². The molecule has 0 saturated carbocycles. The van der Waals surface area contributed by atoms with Crippen LogP contribution in [0.2, 0.25) is 0 Å². The molecule has 0 radical (unpaired) electrons. The molecule has 0 aliphatic rings. The Bertz CT molecular complexity index is 563. The molecule has 1 amide bonds. The lowest BCUT2D eigenvalue weighted by Crippen LogP contribution is -2.37. The van der Waals surface area contributed by atoms with Gasteiger partial charge in [-0.15, -0.1) is 0 Å². The number of anilines is 1. The number of aromatic hydroxyl groups is 1. The molecule has 1 heterocycles. The number of rotatable bonds is 4. The zero-order valence-corrected chi connectivity index (χ0v) is 10.5. The first-order chi connectivity index (χ1) is 9.04. The first-order valence-electron chi connectivity index (χ1n) is 5.81. The Balaban J connectivity index is 1.94. The van der Waals surface area contributed by atoms with Gasteiger partial charge in [0.2, 0.25) is 5.91 Å². The molecule has 1 unspecified atom stereocenters. The Morgan fingerprint density at radius 2 is 2.16 bits per heavy atom. The van der Waals surface area contributed by atoms with Gasteiger partial charge in [-0.3, -0.25) is 10.1 Å². The molecule has 2 aromatic rings. The SMILES string of the molecule is Cc1coc(NC(=O)C(N)Cc2ccc(O)cc2)n1. The summed E-state index contributed by atoms with van der Waals surface area (Å²) >= 11 is 0. The average Bonchev–Trinajstić information content (AvgIpc) is 2.77. The van der Waals surface area contributed by atoms with Crippen molar-refractivity contribution in [3.8, 4) is 5.75 Å². The molecule has 1 aromatic carbocycles. The van der Waals surface area contributed by atoms with Crippen molar-refractivity contribution in [2.24, 2.45) is 5.73 Å². The molecule has 0 saturated heterocycles. The minimum atomic E-state index is -0.711. The minimum absolute atomic E-state index is 0.142. The second-order valence-corrected chi connectivity index (χ2v) is 4.26. The molecule has 6 heteroatoms. The Hall–Kier alpha value is -2.34. The van der Waals surface area contributed by atoms with E-state index < -0.39 is 6.04 Å². The van der Waals surface area contributed by atoms with E-state index in [0.29, 0.717) is 12.1 Å². The van der Waals surface area contributed by atoms with Crippen LogP contribution in [0, 0.1) is 6.92 Å². The van der Waals surface area contributed by atoms with E-state index in [2.05, 4.69) is 10.3 Å². The van der Waals surface area contributed by atoms with Crippen molar-refractivity contribution in [3.05, 3.63) is 41.8 Å². The van der Waals surface area contributed by atoms with Crippen molar-refractivity contribution in [1.82, 2.24) is 4.98 Å². The van der Waals surface area contributed by atoms with Crippen LogP contribution in [0.25, 0.3) is 0 Å². The molecule has 0 spiro atoms. The van der Waals surface area contributed by atoms with E-state index >= 15 is 0 Å². The third-order valence-corrected chi connectivity index (χ3v) is 2.58. The predicted octanol–water partition coefficient (Wildman–Crippen LogP) is 1.20. The van der Waals surface area contributed by atoms with Gasteiger partial charge in [0.25, 0.3) is 0 Å². The third-order valence-electron chi connectivity index (χ3n) is 2.58. The van der Waals surface area contributed by atoms with Gasteiger partial charge in [0.05, 0.1) is 11.7 Å². The zero-order valence-electron chi connectivity index (χ0n) is 10.5. The van der Waals surface area contributed by atoms with Gasteiger partial charge < -0.3 is 15.3 Å². The Morgan fingerprint density at radius 1 is 1.47 bits per heavy atom. The Morgan fingerprint density at radius 3 is 2.74 bits per heavy atom. The summed E-state index contributed by atoms with van der Waals surface area (Å²) in [5, 5.41) is 11.7. The molecule has 2 rings (SSSR count). The summed E-state index contributed by atoms with van der Waals surface area (Å²) in [6.07, 6.45) is 1.81. The van der Waals surface area contributed by atoms with Crippen LogP contribution >= 0.6 is 0 Å². The van der Waals surface area contributed by atoms with E-state index in [1.807, 2.05) is 0 Å². The fourth-order valence-electron chi connectivity index (χ4n) is 1.59. The second-order valence-electron chi connectivity index (χ2n) is 4.26. The molecule has 0 bridgehead atoms. The lowest BCUT2D eigenvalue weighted by Gasteiger charge is -2.10. The van der Waals surface area contributed by atoms with Crippen LogP contribution in [0.15, 0.2) is 34.9 Å². The molecule has 0 aliphatic heterocycles. The van der Waals surface area contributed by atoms with Gasteiger partial charge in [-0.2, -0.15) is 4.98 Å². The molecule has 1 aromatic heterocycles. The van der Waals surface area contributed by atoms with E-state index in [-0.39, 0.29) is 17.7 Å². The van der Waals surface area contributed by atoms with Crippen molar-refractivity contribution in [1.29, 1.82) is 0 Å². The van der Waals surface area contributed by atoms with Crippen LogP contribution in [0.5, 0.6) is 5.75 Å². The van der Waals surface area contributed by atoms with Crippen molar-refractivity contribution in [2.75, 3.05) is 5.32 Å². The summed E-state index contributed by atoms with van der Waals surface area (Å²) < 4.78 is 5.02. The van der Waals surface area contributed by atoms with Gasteiger partial charge in [-0.25, -0.2) is 0 Å². The van der Waals surface area contributed by atoms with Crippen LogP contribution in [0.3, 0.4) is 0 Å². The molecule has 1 atom stereocenters. The number of phenols is 1. The van der Waals surface area contributed by atoms with Crippen molar-refractivity contribution in [3.63, 3.8) is 0 Å². The Kier molecular flexibility index (Phi) is 3.82. The van der Waals surface area contributed by atoms with Gasteiger partial charge in [0.1, 0.15) is 12.0 Å². The average molecular weight is 261 g/mol. The quantitative estimate of drug-likeness (QED) is 0.767. The number of benzene rings is 1. The fraction of sp³-hybridized carbons (Fsp3) is 0.231. The standard InChI is InChI=1S/C13H15N3O3/c1-8-7-19-13(15-8)16-12(18)11(14)6-9-2-4-10(17)5-3-9/h2-5,7,11,17H,6,14H2,1H3,(H,15,16,18). The van der Waals surface area contributed by atoms with Crippen LogP contribution < -0.4 is 11.1 Å².